The van der Waals surface area contributed by atoms with Gasteiger partial charge in [-0.15, -0.1) is 10.2 Å². The van der Waals surface area contributed by atoms with Gasteiger partial charge in [-0.25, -0.2) is 0 Å². The normalized spacial score (nSPS) is 13.9. The van der Waals surface area contributed by atoms with Crippen molar-refractivity contribution < 1.29 is 9.59 Å². The SMILES string of the molecule is CC(=O)c1cccc(NC(=O)[C@H](Sc2nnc(C3CC3)n2Cc2ccccc2)c2ccccc2)c1. The number of anilines is 1. The predicted octanol–water partition coefficient (Wildman–Crippen LogP) is 5.88. The van der Waals surface area contributed by atoms with Crippen LogP contribution >= 0.6 is 11.8 Å². The molecule has 35 heavy (non-hydrogen) atoms. The number of nitrogens with one attached hydrogen (secondary N) is 1. The van der Waals surface area contributed by atoms with Gasteiger partial charge in [0.2, 0.25) is 5.91 Å². The molecule has 1 aliphatic carbocycles. The fourth-order valence-corrected chi connectivity index (χ4v) is 5.02. The smallest absolute Gasteiger partial charge is 0.242 e. The zero-order valence-corrected chi connectivity index (χ0v) is 20.2. The second-order valence-corrected chi connectivity index (χ2v) is 9.79. The van der Waals surface area contributed by atoms with Crippen molar-refractivity contribution in [3.63, 3.8) is 0 Å². The molecule has 7 heteroatoms. The molecule has 176 valence electrons. The third-order valence-corrected chi connectivity index (χ3v) is 7.21. The van der Waals surface area contributed by atoms with Crippen LogP contribution < -0.4 is 5.32 Å². The van der Waals surface area contributed by atoms with Crippen LogP contribution in [0.5, 0.6) is 0 Å². The highest BCUT2D eigenvalue weighted by molar-refractivity contribution is 8.00. The fourth-order valence-electron chi connectivity index (χ4n) is 3.98. The number of Topliss-reactive ketones (excluding diaryl/α,β-unsaturated/α-hetero) is 1. The predicted molar refractivity (Wildman–Crippen MR) is 138 cm³/mol. The molecule has 0 spiro atoms. The van der Waals surface area contributed by atoms with Crippen LogP contribution in [-0.2, 0) is 11.3 Å². The Hall–Kier alpha value is -3.71. The molecule has 3 aromatic carbocycles. The summed E-state index contributed by atoms with van der Waals surface area (Å²) in [5, 5.41) is 12.2. The van der Waals surface area contributed by atoms with Gasteiger partial charge in [0, 0.05) is 17.2 Å². The summed E-state index contributed by atoms with van der Waals surface area (Å²) in [5.74, 6) is 1.19. The van der Waals surface area contributed by atoms with E-state index in [0.29, 0.717) is 23.7 Å². The van der Waals surface area contributed by atoms with Crippen LogP contribution in [-0.4, -0.2) is 26.5 Å². The molecule has 0 bridgehead atoms. The molecule has 6 nitrogen and oxygen atoms in total. The van der Waals surface area contributed by atoms with Crippen LogP contribution in [0, 0.1) is 0 Å². The molecule has 1 atom stereocenters. The highest BCUT2D eigenvalue weighted by Gasteiger charge is 2.32. The second-order valence-electron chi connectivity index (χ2n) is 8.72. The summed E-state index contributed by atoms with van der Waals surface area (Å²) in [4.78, 5) is 25.3. The Balaban J connectivity index is 1.45. The zero-order chi connectivity index (χ0) is 24.2. The largest absolute Gasteiger partial charge is 0.325 e. The molecule has 1 N–H and O–H groups in total. The standard InChI is InChI=1S/C28H26N4O2S/c1-19(33)23-13-8-14-24(17-23)29-27(34)25(21-11-6-3-7-12-21)35-28-31-30-26(22-15-16-22)32(28)18-20-9-4-2-5-10-20/h2-14,17,22,25H,15-16,18H2,1H3,(H,29,34)/t25-/m1/s1. The fraction of sp³-hybridized carbons (Fsp3) is 0.214. The van der Waals surface area contributed by atoms with Gasteiger partial charge in [-0.1, -0.05) is 84.6 Å². The summed E-state index contributed by atoms with van der Waals surface area (Å²) < 4.78 is 2.15. The van der Waals surface area contributed by atoms with Gasteiger partial charge in [-0.3, -0.25) is 9.59 Å². The minimum Gasteiger partial charge on any atom is -0.325 e. The average Bonchev–Trinajstić information content (AvgIpc) is 3.65. The molecule has 0 unspecified atom stereocenters. The van der Waals surface area contributed by atoms with Gasteiger partial charge in [-0.2, -0.15) is 0 Å². The molecule has 0 saturated heterocycles. The monoisotopic (exact) mass is 482 g/mol. The van der Waals surface area contributed by atoms with E-state index in [0.717, 1.165) is 34.9 Å². The number of carbonyl (C=O) groups is 2. The van der Waals surface area contributed by atoms with E-state index in [9.17, 15) is 9.59 Å². The number of hydrogen-bond donors (Lipinski definition) is 1. The van der Waals surface area contributed by atoms with E-state index in [1.165, 1.54) is 18.7 Å². The first-order valence-electron chi connectivity index (χ1n) is 11.7. The lowest BCUT2D eigenvalue weighted by Crippen LogP contribution is -2.20. The Kier molecular flexibility index (Phi) is 6.77. The first-order valence-corrected chi connectivity index (χ1v) is 12.6. The van der Waals surface area contributed by atoms with Crippen LogP contribution in [0.15, 0.2) is 90.1 Å². The van der Waals surface area contributed by atoms with E-state index in [1.807, 2.05) is 48.5 Å². The van der Waals surface area contributed by atoms with Crippen molar-refractivity contribution in [2.45, 2.75) is 42.6 Å². The number of aromatic nitrogens is 3. The Morgan fingerprint density at radius 1 is 0.971 bits per heavy atom. The average molecular weight is 483 g/mol. The Labute approximate surface area is 208 Å². The summed E-state index contributed by atoms with van der Waals surface area (Å²) in [6.45, 7) is 2.17. The van der Waals surface area contributed by atoms with Gasteiger partial charge in [0.15, 0.2) is 10.9 Å². The number of benzene rings is 3. The number of carbonyl (C=O) groups excluding carboxylic acids is 2. The Bertz CT molecular complexity index is 1330. The number of amides is 1. The molecule has 0 radical (unpaired) electrons. The van der Waals surface area contributed by atoms with Gasteiger partial charge < -0.3 is 9.88 Å². The van der Waals surface area contributed by atoms with E-state index in [-0.39, 0.29) is 11.7 Å². The maximum Gasteiger partial charge on any atom is 0.242 e. The number of ketones is 1. The van der Waals surface area contributed by atoms with Crippen molar-refractivity contribution >= 4 is 29.1 Å². The van der Waals surface area contributed by atoms with Gasteiger partial charge >= 0.3 is 0 Å². The van der Waals surface area contributed by atoms with E-state index < -0.39 is 5.25 Å². The third-order valence-electron chi connectivity index (χ3n) is 5.97. The van der Waals surface area contributed by atoms with E-state index in [2.05, 4.69) is 32.2 Å². The lowest BCUT2D eigenvalue weighted by Gasteiger charge is -2.18. The van der Waals surface area contributed by atoms with Crippen molar-refractivity contribution in [3.05, 3.63) is 107 Å². The first kappa shape index (κ1) is 23.1. The van der Waals surface area contributed by atoms with Gasteiger partial charge in [-0.05, 0) is 43.0 Å². The van der Waals surface area contributed by atoms with Crippen molar-refractivity contribution in [3.8, 4) is 0 Å². The number of nitrogens with zero attached hydrogens (tertiary/aromatic N) is 3. The molecular weight excluding hydrogens is 456 g/mol. The second kappa shape index (κ2) is 10.3. The van der Waals surface area contributed by atoms with Crippen LogP contribution in [0.4, 0.5) is 5.69 Å². The van der Waals surface area contributed by atoms with Crippen LogP contribution in [0.2, 0.25) is 0 Å². The summed E-state index contributed by atoms with van der Waals surface area (Å²) in [6.07, 6.45) is 2.24. The quantitative estimate of drug-likeness (QED) is 0.238. The minimum atomic E-state index is -0.539. The van der Waals surface area contributed by atoms with E-state index in [1.54, 1.807) is 24.3 Å². The third kappa shape index (κ3) is 5.52. The topological polar surface area (TPSA) is 76.9 Å². The van der Waals surface area contributed by atoms with Crippen molar-refractivity contribution in [2.75, 3.05) is 5.32 Å². The van der Waals surface area contributed by atoms with Crippen LogP contribution in [0.25, 0.3) is 0 Å². The number of rotatable bonds is 9. The summed E-state index contributed by atoms with van der Waals surface area (Å²) in [7, 11) is 0. The lowest BCUT2D eigenvalue weighted by atomic mass is 10.1. The molecule has 1 fully saturated rings. The van der Waals surface area contributed by atoms with Crippen molar-refractivity contribution in [1.29, 1.82) is 0 Å². The molecule has 0 aliphatic heterocycles. The van der Waals surface area contributed by atoms with Gasteiger partial charge in [0.1, 0.15) is 11.1 Å². The van der Waals surface area contributed by atoms with Crippen molar-refractivity contribution in [2.24, 2.45) is 0 Å². The zero-order valence-electron chi connectivity index (χ0n) is 19.4. The highest BCUT2D eigenvalue weighted by atomic mass is 32.2. The first-order chi connectivity index (χ1) is 17.1. The van der Waals surface area contributed by atoms with Gasteiger partial charge in [0.05, 0.1) is 6.54 Å². The molecular formula is C28H26N4O2S. The molecule has 4 aromatic rings. The van der Waals surface area contributed by atoms with Gasteiger partial charge in [0.25, 0.3) is 0 Å². The maximum atomic E-state index is 13.5. The maximum absolute atomic E-state index is 13.5. The molecule has 1 heterocycles. The molecule has 1 aromatic heterocycles. The molecule has 1 amide bonds. The van der Waals surface area contributed by atoms with Crippen LogP contribution in [0.1, 0.15) is 58.2 Å². The summed E-state index contributed by atoms with van der Waals surface area (Å²) in [6, 6.07) is 26.9. The van der Waals surface area contributed by atoms with E-state index in [4.69, 9.17) is 0 Å². The van der Waals surface area contributed by atoms with Crippen molar-refractivity contribution in [1.82, 2.24) is 14.8 Å². The Morgan fingerprint density at radius 3 is 2.37 bits per heavy atom. The molecule has 5 rings (SSSR count). The lowest BCUT2D eigenvalue weighted by molar-refractivity contribution is -0.115. The van der Waals surface area contributed by atoms with Crippen LogP contribution in [0.3, 0.4) is 0 Å². The highest BCUT2D eigenvalue weighted by Crippen LogP contribution is 2.42. The van der Waals surface area contributed by atoms with E-state index >= 15 is 0 Å². The summed E-state index contributed by atoms with van der Waals surface area (Å²) >= 11 is 1.40. The molecule has 1 aliphatic rings. The Morgan fingerprint density at radius 2 is 1.69 bits per heavy atom. The number of hydrogen-bond acceptors (Lipinski definition) is 5. The summed E-state index contributed by atoms with van der Waals surface area (Å²) in [5.41, 5.74) is 3.19. The minimum absolute atomic E-state index is 0.0447. The molecule has 1 saturated carbocycles. The number of thioether (sulfide) groups is 1.